The van der Waals surface area contributed by atoms with Gasteiger partial charge >= 0.3 is 0 Å². The van der Waals surface area contributed by atoms with Gasteiger partial charge in [0, 0.05) is 19.1 Å². The number of nitrogens with zero attached hydrogens (tertiary/aromatic N) is 1. The maximum Gasteiger partial charge on any atom is 0.154 e. The van der Waals surface area contributed by atoms with Gasteiger partial charge in [0.05, 0.1) is 11.0 Å². The lowest BCUT2D eigenvalue weighted by atomic mass is 9.94. The molecule has 0 amide bonds. The molecule has 0 aromatic rings. The third-order valence-corrected chi connectivity index (χ3v) is 6.78. The first kappa shape index (κ1) is 14.3. The monoisotopic (exact) mass is 274 g/mol. The summed E-state index contributed by atoms with van der Waals surface area (Å²) in [5, 5.41) is 3.38. The summed E-state index contributed by atoms with van der Waals surface area (Å²) >= 11 is 0. The van der Waals surface area contributed by atoms with Crippen LogP contribution >= 0.6 is 0 Å². The molecule has 2 heterocycles. The Morgan fingerprint density at radius 1 is 1.33 bits per heavy atom. The first-order valence-corrected chi connectivity index (χ1v) is 8.91. The molecule has 0 aromatic heterocycles. The van der Waals surface area contributed by atoms with Gasteiger partial charge in [-0.05, 0) is 38.3 Å². The van der Waals surface area contributed by atoms with Gasteiger partial charge in [0.15, 0.2) is 9.84 Å². The number of nitrogens with one attached hydrogen (secondary N) is 1. The van der Waals surface area contributed by atoms with Crippen molar-refractivity contribution >= 4 is 9.84 Å². The van der Waals surface area contributed by atoms with Gasteiger partial charge in [-0.2, -0.15) is 0 Å². The topological polar surface area (TPSA) is 49.4 Å². The van der Waals surface area contributed by atoms with Crippen LogP contribution in [0.4, 0.5) is 0 Å². The number of sulfone groups is 1. The van der Waals surface area contributed by atoms with Crippen molar-refractivity contribution in [2.24, 2.45) is 5.92 Å². The molecule has 2 aliphatic heterocycles. The normalized spacial score (nSPS) is 36.9. The van der Waals surface area contributed by atoms with Crippen molar-refractivity contribution in [2.45, 2.75) is 44.4 Å². The van der Waals surface area contributed by atoms with Gasteiger partial charge < -0.3 is 10.2 Å². The van der Waals surface area contributed by atoms with Gasteiger partial charge in [0.25, 0.3) is 0 Å². The lowest BCUT2D eigenvalue weighted by molar-refractivity contribution is 0.154. The summed E-state index contributed by atoms with van der Waals surface area (Å²) in [4.78, 5) is 2.47. The van der Waals surface area contributed by atoms with Crippen molar-refractivity contribution in [3.8, 4) is 0 Å². The zero-order chi connectivity index (χ0) is 13.2. The highest BCUT2D eigenvalue weighted by Crippen LogP contribution is 2.21. The Morgan fingerprint density at radius 3 is 2.67 bits per heavy atom. The lowest BCUT2D eigenvalue weighted by Gasteiger charge is -2.37. The highest BCUT2D eigenvalue weighted by Gasteiger charge is 2.32. The molecule has 0 bridgehead atoms. The van der Waals surface area contributed by atoms with Crippen LogP contribution in [0.1, 0.15) is 33.1 Å². The summed E-state index contributed by atoms with van der Waals surface area (Å²) in [6, 6.07) is 0.489. The van der Waals surface area contributed by atoms with Gasteiger partial charge in [-0.1, -0.05) is 13.8 Å². The zero-order valence-corrected chi connectivity index (χ0v) is 12.4. The van der Waals surface area contributed by atoms with Crippen molar-refractivity contribution in [1.29, 1.82) is 0 Å². The molecule has 0 spiro atoms. The van der Waals surface area contributed by atoms with Crippen LogP contribution in [0.5, 0.6) is 0 Å². The van der Waals surface area contributed by atoms with Crippen molar-refractivity contribution in [3.63, 3.8) is 0 Å². The van der Waals surface area contributed by atoms with E-state index in [-0.39, 0.29) is 5.25 Å². The summed E-state index contributed by atoms with van der Waals surface area (Å²) in [6.07, 6.45) is 2.83. The number of rotatable bonds is 4. The molecule has 4 nitrogen and oxygen atoms in total. The van der Waals surface area contributed by atoms with E-state index in [0.29, 0.717) is 24.3 Å². The smallest absolute Gasteiger partial charge is 0.154 e. The number of hydrogen-bond donors (Lipinski definition) is 1. The van der Waals surface area contributed by atoms with Crippen LogP contribution in [-0.4, -0.2) is 56.5 Å². The van der Waals surface area contributed by atoms with Gasteiger partial charge in [-0.3, -0.25) is 0 Å². The van der Waals surface area contributed by atoms with E-state index in [1.54, 1.807) is 0 Å². The van der Waals surface area contributed by atoms with Crippen LogP contribution in [0.3, 0.4) is 0 Å². The van der Waals surface area contributed by atoms with Gasteiger partial charge in [-0.25, -0.2) is 8.42 Å². The van der Waals surface area contributed by atoms with Gasteiger partial charge in [0.2, 0.25) is 0 Å². The van der Waals surface area contributed by atoms with Crippen LogP contribution in [0.15, 0.2) is 0 Å². The molecule has 2 saturated heterocycles. The van der Waals surface area contributed by atoms with E-state index < -0.39 is 9.84 Å². The first-order chi connectivity index (χ1) is 8.53. The van der Waals surface area contributed by atoms with E-state index in [9.17, 15) is 8.42 Å². The Balaban J connectivity index is 1.80. The van der Waals surface area contributed by atoms with E-state index in [1.165, 1.54) is 0 Å². The van der Waals surface area contributed by atoms with Crippen LogP contribution in [-0.2, 0) is 9.84 Å². The minimum Gasteiger partial charge on any atom is -0.312 e. The SMILES string of the molecule is CCN1CC[C@H](NC[C@H]2CCCS2(=O)=O)[C@H](C)C1. The highest BCUT2D eigenvalue weighted by atomic mass is 32.2. The van der Waals surface area contributed by atoms with Crippen molar-refractivity contribution in [1.82, 2.24) is 10.2 Å². The molecule has 5 heteroatoms. The second-order valence-corrected chi connectivity index (χ2v) is 8.21. The van der Waals surface area contributed by atoms with Crippen LogP contribution < -0.4 is 5.32 Å². The Kier molecular flexibility index (Phi) is 4.67. The van der Waals surface area contributed by atoms with Crippen molar-refractivity contribution in [3.05, 3.63) is 0 Å². The number of hydrogen-bond acceptors (Lipinski definition) is 4. The summed E-state index contributed by atoms with van der Waals surface area (Å²) in [7, 11) is -2.79. The minimum atomic E-state index is -2.79. The number of likely N-dealkylation sites (tertiary alicyclic amines) is 1. The van der Waals surface area contributed by atoms with E-state index in [4.69, 9.17) is 0 Å². The fourth-order valence-corrected chi connectivity index (χ4v) is 4.97. The van der Waals surface area contributed by atoms with Crippen LogP contribution in [0.25, 0.3) is 0 Å². The fourth-order valence-electron chi connectivity index (χ4n) is 3.19. The molecule has 0 radical (unpaired) electrons. The molecule has 2 aliphatic rings. The van der Waals surface area contributed by atoms with Crippen LogP contribution in [0, 0.1) is 5.92 Å². The molecule has 1 N–H and O–H groups in total. The first-order valence-electron chi connectivity index (χ1n) is 7.20. The maximum absolute atomic E-state index is 11.8. The van der Waals surface area contributed by atoms with E-state index in [2.05, 4.69) is 24.1 Å². The van der Waals surface area contributed by atoms with Gasteiger partial charge in [0.1, 0.15) is 0 Å². The standard InChI is InChI=1S/C13H26N2O2S/c1-3-15-7-6-13(11(2)10-15)14-9-12-5-4-8-18(12,16)17/h11-14H,3-10H2,1-2H3/t11-,12-,13+/m1/s1. The molecule has 0 unspecified atom stereocenters. The predicted molar refractivity (Wildman–Crippen MR) is 74.5 cm³/mol. The molecule has 2 rings (SSSR count). The third-order valence-electron chi connectivity index (χ3n) is 4.51. The van der Waals surface area contributed by atoms with Crippen molar-refractivity contribution < 1.29 is 8.42 Å². The van der Waals surface area contributed by atoms with Gasteiger partial charge in [-0.15, -0.1) is 0 Å². The molecule has 3 atom stereocenters. The molecule has 2 fully saturated rings. The molecular formula is C13H26N2O2S. The Labute approximate surface area is 111 Å². The van der Waals surface area contributed by atoms with E-state index in [1.807, 2.05) is 0 Å². The average molecular weight is 274 g/mol. The quantitative estimate of drug-likeness (QED) is 0.827. The second kappa shape index (κ2) is 5.88. The average Bonchev–Trinajstić information content (AvgIpc) is 2.67. The van der Waals surface area contributed by atoms with E-state index >= 15 is 0 Å². The third kappa shape index (κ3) is 3.25. The molecule has 18 heavy (non-hydrogen) atoms. The van der Waals surface area contributed by atoms with E-state index in [0.717, 1.165) is 38.9 Å². The largest absolute Gasteiger partial charge is 0.312 e. The molecule has 0 saturated carbocycles. The lowest BCUT2D eigenvalue weighted by Crippen LogP contribution is -2.50. The molecule has 0 aliphatic carbocycles. The molecule has 106 valence electrons. The Hall–Kier alpha value is -0.130. The summed E-state index contributed by atoms with van der Waals surface area (Å²) in [5.41, 5.74) is 0. The van der Waals surface area contributed by atoms with Crippen molar-refractivity contribution in [2.75, 3.05) is 31.9 Å². The summed E-state index contributed by atoms with van der Waals surface area (Å²) in [6.45, 7) is 8.51. The second-order valence-electron chi connectivity index (χ2n) is 5.81. The molecule has 0 aromatic carbocycles. The Morgan fingerprint density at radius 2 is 2.11 bits per heavy atom. The summed E-state index contributed by atoms with van der Waals surface area (Å²) < 4.78 is 23.5. The fraction of sp³-hybridized carbons (Fsp3) is 1.00. The Bertz CT molecular complexity index is 369. The highest BCUT2D eigenvalue weighted by molar-refractivity contribution is 7.92. The minimum absolute atomic E-state index is 0.131. The molecular weight excluding hydrogens is 248 g/mol. The summed E-state index contributed by atoms with van der Waals surface area (Å²) in [5.74, 6) is 1.01. The zero-order valence-electron chi connectivity index (χ0n) is 11.6. The predicted octanol–water partition coefficient (Wildman–Crippen LogP) is 0.884. The maximum atomic E-state index is 11.8. The number of piperidine rings is 1. The van der Waals surface area contributed by atoms with Crippen LogP contribution in [0.2, 0.25) is 0 Å².